The number of Topliss-reactive ketones (excluding diaryl/α,β-unsaturated/α-hetero) is 2. The summed E-state index contributed by atoms with van der Waals surface area (Å²) in [4.78, 5) is 43.6. The Morgan fingerprint density at radius 1 is 0.259 bits per heavy atom. The van der Waals surface area contributed by atoms with Gasteiger partial charge in [-0.2, -0.15) is 23.5 Å². The van der Waals surface area contributed by atoms with Crippen molar-refractivity contribution in [2.45, 2.75) is 377 Å². The molecule has 19 heteroatoms. The van der Waals surface area contributed by atoms with Crippen LogP contribution in [-0.4, -0.2) is 164 Å². The lowest BCUT2D eigenvalue weighted by atomic mass is 9.83. The fourth-order valence-electron chi connectivity index (χ4n) is 12.9. The van der Waals surface area contributed by atoms with Crippen LogP contribution >= 0.6 is 70.6 Å². The molecule has 0 bridgehead atoms. The van der Waals surface area contributed by atoms with Gasteiger partial charge >= 0.3 is 11.9 Å². The summed E-state index contributed by atoms with van der Waals surface area (Å²) in [5, 5.41) is 1.87. The van der Waals surface area contributed by atoms with Gasteiger partial charge in [-0.3, -0.25) is 19.2 Å². The molecule has 18 atom stereocenters. The van der Waals surface area contributed by atoms with Crippen molar-refractivity contribution in [3.63, 3.8) is 0 Å². The monoisotopic (exact) mass is 1650 g/mol. The van der Waals surface area contributed by atoms with Gasteiger partial charge in [-0.1, -0.05) is 149 Å². The quantitative estimate of drug-likeness (QED) is 0.167. The molecular weight excluding hydrogens is 1480 g/mol. The highest BCUT2D eigenvalue weighted by Crippen LogP contribution is 2.35. The van der Waals surface area contributed by atoms with Crippen molar-refractivity contribution < 1.29 is 57.1 Å². The summed E-state index contributed by atoms with van der Waals surface area (Å²) in [7, 11) is 0.385. The van der Waals surface area contributed by atoms with Crippen LogP contribution in [0.5, 0.6) is 0 Å². The molecule has 11 aliphatic heterocycles. The van der Waals surface area contributed by atoms with E-state index in [4.69, 9.17) is 37.9 Å². The maximum atomic E-state index is 11.0. The molecule has 0 aromatic heterocycles. The van der Waals surface area contributed by atoms with E-state index < -0.39 is 0 Å². The zero-order valence-corrected chi connectivity index (χ0v) is 80.7. The Hall–Kier alpha value is 0.357. The fourth-order valence-corrected chi connectivity index (χ4v) is 22.0. The molecule has 0 amide bonds. The van der Waals surface area contributed by atoms with E-state index in [-0.39, 0.29) is 48.6 Å². The van der Waals surface area contributed by atoms with E-state index in [1.165, 1.54) is 112 Å². The molecule has 640 valence electrons. The minimum absolute atomic E-state index is 0.0196. The van der Waals surface area contributed by atoms with Gasteiger partial charge in [0.2, 0.25) is 0 Å². The number of ether oxygens (including phenoxy) is 8. The van der Waals surface area contributed by atoms with Crippen LogP contribution in [-0.2, 0) is 57.1 Å². The van der Waals surface area contributed by atoms with Gasteiger partial charge in [0.05, 0.1) is 62.7 Å². The van der Waals surface area contributed by atoms with Gasteiger partial charge in [0.1, 0.15) is 11.6 Å². The number of esters is 2. The highest BCUT2D eigenvalue weighted by molar-refractivity contribution is 8.17. The average Bonchev–Trinajstić information content (AvgIpc) is 0.913. The van der Waals surface area contributed by atoms with Crippen LogP contribution in [0.4, 0.5) is 0 Å². The van der Waals surface area contributed by atoms with Crippen molar-refractivity contribution >= 4 is 104 Å². The van der Waals surface area contributed by atoms with Gasteiger partial charge in [0.25, 0.3) is 0 Å². The first-order valence-corrected chi connectivity index (χ1v) is 51.9. The molecule has 13 rings (SSSR count). The summed E-state index contributed by atoms with van der Waals surface area (Å²) in [6, 6.07) is 1.61. The second kappa shape index (κ2) is 63.4. The molecule has 0 N–H and O–H groups in total. The molecule has 2 aliphatic carbocycles. The molecule has 13 aliphatic rings. The van der Waals surface area contributed by atoms with Crippen LogP contribution < -0.4 is 0 Å². The lowest BCUT2D eigenvalue weighted by molar-refractivity contribution is -0.187. The predicted molar refractivity (Wildman–Crippen MR) is 480 cm³/mol. The Morgan fingerprint density at radius 2 is 0.546 bits per heavy atom. The Morgan fingerprint density at radius 3 is 0.759 bits per heavy atom. The molecule has 108 heavy (non-hydrogen) atoms. The standard InChI is InChI=1S/2C8H14O.2C7H12O2.2C7H14O.2C7H14S.C7H16Si.2C6H12O2.2C6H12S2/c2*1-6-3-4-7(2)8(9)5-6;2*1-5-3-4-6(2)9-7(5)8;5*1-6-3-4-7(2)8-5-6;4*1-5-3-7-6(2)8-4-5/h2*6-7H,3-5H2,1-2H3;2*5-6H,3-4H2,1-2H3;4*6-7H,3-5H2,1-2H3;6-7H,3-5,8H2,1-2H3;4*5-6H,3-4H2,1-2H3. The summed E-state index contributed by atoms with van der Waals surface area (Å²) in [6.07, 6.45) is 25.8. The minimum atomic E-state index is -0.0336. The third-order valence-corrected chi connectivity index (χ3v) is 34.4. The number of carbonyl (C=O) groups excluding carboxylic acids is 4. The van der Waals surface area contributed by atoms with E-state index in [1.807, 2.05) is 55.4 Å². The summed E-state index contributed by atoms with van der Waals surface area (Å²) in [5.74, 6) is 19.0. The van der Waals surface area contributed by atoms with Crippen LogP contribution in [0.1, 0.15) is 308 Å². The van der Waals surface area contributed by atoms with Crippen molar-refractivity contribution in [1.29, 1.82) is 0 Å². The van der Waals surface area contributed by atoms with Crippen molar-refractivity contribution in [1.82, 2.24) is 0 Å². The molecule has 11 saturated heterocycles. The number of carbonyl (C=O) groups is 4. The maximum Gasteiger partial charge on any atom is 0.308 e. The van der Waals surface area contributed by atoms with Crippen molar-refractivity contribution in [3.8, 4) is 0 Å². The summed E-state index contributed by atoms with van der Waals surface area (Å²) in [5.41, 5.74) is 1.16. The molecule has 0 aromatic carbocycles. The zero-order valence-electron chi connectivity index (χ0n) is 74.4. The molecule has 0 aromatic rings. The number of ketones is 2. The lowest BCUT2D eigenvalue weighted by Crippen LogP contribution is -2.27. The summed E-state index contributed by atoms with van der Waals surface area (Å²) in [6.45, 7) is 61.7. The van der Waals surface area contributed by atoms with Crippen molar-refractivity contribution in [2.24, 2.45) is 88.8 Å². The lowest BCUT2D eigenvalue weighted by Gasteiger charge is -2.24. The third kappa shape index (κ3) is 58.3. The van der Waals surface area contributed by atoms with E-state index in [9.17, 15) is 19.2 Å². The fraction of sp³-hybridized carbons (Fsp3) is 0.955. The second-order valence-corrected chi connectivity index (χ2v) is 47.6. The smallest absolute Gasteiger partial charge is 0.308 e. The number of hydrogen-bond acceptors (Lipinski definition) is 18. The van der Waals surface area contributed by atoms with Crippen LogP contribution in [0.25, 0.3) is 0 Å². The predicted octanol–water partition coefficient (Wildman–Crippen LogP) is 24.2. The molecule has 0 spiro atoms. The first-order chi connectivity index (χ1) is 50.9. The molecular formula is C89H172O12S6Si. The van der Waals surface area contributed by atoms with Crippen LogP contribution in [0.3, 0.4) is 0 Å². The van der Waals surface area contributed by atoms with Gasteiger partial charge in [-0.25, -0.2) is 0 Å². The van der Waals surface area contributed by atoms with Crippen molar-refractivity contribution in [2.75, 3.05) is 74.2 Å². The maximum absolute atomic E-state index is 11.0. The topological polar surface area (TPSA) is 142 Å². The second-order valence-electron chi connectivity index (χ2n) is 36.0. The summed E-state index contributed by atoms with van der Waals surface area (Å²) < 4.78 is 43.1. The Balaban J connectivity index is 0.000000585. The third-order valence-electron chi connectivity index (χ3n) is 22.0. The highest BCUT2D eigenvalue weighted by atomic mass is 32.2. The minimum Gasteiger partial charge on any atom is -0.462 e. The van der Waals surface area contributed by atoms with E-state index in [1.54, 1.807) is 6.04 Å². The highest BCUT2D eigenvalue weighted by Gasteiger charge is 2.27. The first kappa shape index (κ1) is 106. The largest absolute Gasteiger partial charge is 0.462 e. The Kier molecular flexibility index (Phi) is 62.5. The number of cyclic esters (lactones) is 2. The Labute approximate surface area is 695 Å². The number of rotatable bonds is 0. The van der Waals surface area contributed by atoms with E-state index in [2.05, 4.69) is 195 Å². The average molecular weight is 1650 g/mol. The number of thioether (sulfide) groups is 6. The van der Waals surface area contributed by atoms with Crippen LogP contribution in [0.15, 0.2) is 0 Å². The molecule has 2 saturated carbocycles. The van der Waals surface area contributed by atoms with Gasteiger partial charge in [0, 0.05) is 78.9 Å². The van der Waals surface area contributed by atoms with Gasteiger partial charge in [0.15, 0.2) is 12.6 Å². The molecule has 12 nitrogen and oxygen atoms in total. The van der Waals surface area contributed by atoms with Crippen molar-refractivity contribution in [3.05, 3.63) is 0 Å². The SMILES string of the molecule is CC1CCC(C)C(=O)C1.CC1CCC(C)C(=O)C1.CC1CCC(C)C(=O)O1.CC1CCC(C)C(=O)O1.CC1CCC(C)OC1.CC1CCC(C)OC1.CC1CCC(C)SC1.CC1CCC(C)SC1.CC1CCC(C)[SiH2]C1.CC1COC(C)OC1.CC1COC(C)OC1.CC1CSC(C)SC1.CC1CSC(C)SC1. The number of hydrogen-bond donors (Lipinski definition) is 0. The van der Waals surface area contributed by atoms with Gasteiger partial charge in [-0.05, 0) is 246 Å². The normalized spacial score (nSPS) is 38.9. The van der Waals surface area contributed by atoms with Gasteiger partial charge in [-0.15, -0.1) is 47.0 Å². The summed E-state index contributed by atoms with van der Waals surface area (Å²) >= 11 is 12.6. The van der Waals surface area contributed by atoms with E-state index in [0.717, 1.165) is 158 Å². The molecule has 11 heterocycles. The molecule has 13 fully saturated rings. The van der Waals surface area contributed by atoms with E-state index in [0.29, 0.717) is 68.8 Å². The Bertz CT molecular complexity index is 1680. The zero-order chi connectivity index (χ0) is 81.3. The van der Waals surface area contributed by atoms with Crippen LogP contribution in [0.2, 0.25) is 11.6 Å². The first-order valence-electron chi connectivity index (χ1n) is 43.7. The molecule has 0 radical (unpaired) electrons. The van der Waals surface area contributed by atoms with Gasteiger partial charge < -0.3 is 37.9 Å². The molecule has 18 unspecified atom stereocenters. The van der Waals surface area contributed by atoms with E-state index >= 15 is 0 Å². The van der Waals surface area contributed by atoms with Crippen LogP contribution in [0, 0.1) is 88.8 Å².